The first-order chi connectivity index (χ1) is 12.5. The molecular formula is C18H19N3O4S. The van der Waals surface area contributed by atoms with Gasteiger partial charge in [-0.3, -0.25) is 19.7 Å². The third-order valence-corrected chi connectivity index (χ3v) is 4.59. The zero-order valence-electron chi connectivity index (χ0n) is 14.2. The summed E-state index contributed by atoms with van der Waals surface area (Å²) in [6.45, 7) is 1.98. The molecule has 0 atom stereocenters. The average molecular weight is 373 g/mol. The Kier molecular flexibility index (Phi) is 7.16. The highest BCUT2D eigenvalue weighted by atomic mass is 32.2. The largest absolute Gasteiger partial charge is 0.348 e. The van der Waals surface area contributed by atoms with Gasteiger partial charge in [0.2, 0.25) is 0 Å². The molecule has 0 aliphatic carbocycles. The maximum Gasteiger partial charge on any atom is 0.313 e. The number of amides is 2. The van der Waals surface area contributed by atoms with E-state index in [0.29, 0.717) is 18.5 Å². The van der Waals surface area contributed by atoms with E-state index in [0.717, 1.165) is 10.6 Å². The summed E-state index contributed by atoms with van der Waals surface area (Å²) in [5.74, 6) is -0.799. The number of rotatable bonds is 7. The van der Waals surface area contributed by atoms with Crippen LogP contribution in [0.2, 0.25) is 0 Å². The van der Waals surface area contributed by atoms with Gasteiger partial charge in [0, 0.05) is 28.8 Å². The molecule has 0 aliphatic heterocycles. The molecule has 8 heteroatoms. The molecule has 0 unspecified atom stereocenters. The van der Waals surface area contributed by atoms with Crippen LogP contribution in [-0.2, 0) is 9.59 Å². The molecule has 2 rings (SSSR count). The number of benzene rings is 2. The molecule has 0 saturated heterocycles. The number of nitro benzene ring substituents is 1. The zero-order valence-corrected chi connectivity index (χ0v) is 15.0. The van der Waals surface area contributed by atoms with Gasteiger partial charge in [-0.2, -0.15) is 0 Å². The highest BCUT2D eigenvalue weighted by molar-refractivity contribution is 7.99. The van der Waals surface area contributed by atoms with Crippen molar-refractivity contribution in [2.45, 2.75) is 18.2 Å². The standard InChI is InChI=1S/C18H19N3O4S/c1-13-8-9-14(12-16(13)21(24)25)20-18(23)17(22)19-10-5-11-26-15-6-3-2-4-7-15/h2-4,6-9,12H,5,10-11H2,1H3,(H,19,22)(H,20,23). The third kappa shape index (κ3) is 5.89. The van der Waals surface area contributed by atoms with Crippen molar-refractivity contribution in [2.24, 2.45) is 0 Å². The number of hydrogen-bond donors (Lipinski definition) is 2. The van der Waals surface area contributed by atoms with Gasteiger partial charge in [-0.15, -0.1) is 11.8 Å². The van der Waals surface area contributed by atoms with Gasteiger partial charge in [0.25, 0.3) is 5.69 Å². The van der Waals surface area contributed by atoms with E-state index >= 15 is 0 Å². The van der Waals surface area contributed by atoms with E-state index < -0.39 is 16.7 Å². The normalized spacial score (nSPS) is 10.2. The molecule has 0 aliphatic rings. The SMILES string of the molecule is Cc1ccc(NC(=O)C(=O)NCCCSc2ccccc2)cc1[N+](=O)[O-]. The van der Waals surface area contributed by atoms with Crippen molar-refractivity contribution in [3.63, 3.8) is 0 Å². The van der Waals surface area contributed by atoms with Crippen LogP contribution in [0.5, 0.6) is 0 Å². The molecule has 2 aromatic rings. The Hall–Kier alpha value is -2.87. The Morgan fingerprint density at radius 1 is 1.12 bits per heavy atom. The number of thioether (sulfide) groups is 1. The highest BCUT2D eigenvalue weighted by Gasteiger charge is 2.16. The van der Waals surface area contributed by atoms with Crippen LogP contribution in [0, 0.1) is 17.0 Å². The van der Waals surface area contributed by atoms with Crippen LogP contribution in [0.4, 0.5) is 11.4 Å². The lowest BCUT2D eigenvalue weighted by molar-refractivity contribution is -0.385. The van der Waals surface area contributed by atoms with Gasteiger partial charge in [0.1, 0.15) is 0 Å². The predicted molar refractivity (Wildman–Crippen MR) is 101 cm³/mol. The molecule has 26 heavy (non-hydrogen) atoms. The number of anilines is 1. The van der Waals surface area contributed by atoms with Crippen molar-refractivity contribution < 1.29 is 14.5 Å². The number of carbonyl (C=O) groups excluding carboxylic acids is 2. The van der Waals surface area contributed by atoms with Crippen LogP contribution in [-0.4, -0.2) is 29.0 Å². The van der Waals surface area contributed by atoms with Crippen LogP contribution in [0.15, 0.2) is 53.4 Å². The molecule has 0 bridgehead atoms. The number of nitro groups is 1. The van der Waals surface area contributed by atoms with E-state index in [1.165, 1.54) is 18.2 Å². The minimum atomic E-state index is -0.848. The van der Waals surface area contributed by atoms with Gasteiger partial charge in [0.05, 0.1) is 4.92 Å². The van der Waals surface area contributed by atoms with Crippen LogP contribution >= 0.6 is 11.8 Å². The molecule has 2 amide bonds. The van der Waals surface area contributed by atoms with Gasteiger partial charge >= 0.3 is 11.8 Å². The lowest BCUT2D eigenvalue weighted by Gasteiger charge is -2.07. The summed E-state index contributed by atoms with van der Waals surface area (Å²) in [4.78, 5) is 35.2. The monoisotopic (exact) mass is 373 g/mol. The van der Waals surface area contributed by atoms with Crippen molar-refractivity contribution in [2.75, 3.05) is 17.6 Å². The van der Waals surface area contributed by atoms with Crippen LogP contribution in [0.25, 0.3) is 0 Å². The van der Waals surface area contributed by atoms with Gasteiger partial charge in [-0.25, -0.2) is 0 Å². The molecule has 0 saturated carbocycles. The summed E-state index contributed by atoms with van der Waals surface area (Å²) in [5.41, 5.74) is 0.580. The number of nitrogens with zero attached hydrogens (tertiary/aromatic N) is 1. The maximum absolute atomic E-state index is 11.9. The number of nitrogens with one attached hydrogen (secondary N) is 2. The molecule has 2 N–H and O–H groups in total. The Morgan fingerprint density at radius 2 is 1.85 bits per heavy atom. The van der Waals surface area contributed by atoms with E-state index in [1.54, 1.807) is 18.7 Å². The molecule has 7 nitrogen and oxygen atoms in total. The van der Waals surface area contributed by atoms with Crippen LogP contribution in [0.3, 0.4) is 0 Å². The summed E-state index contributed by atoms with van der Waals surface area (Å²) in [6, 6.07) is 14.2. The second-order valence-electron chi connectivity index (χ2n) is 5.48. The first-order valence-electron chi connectivity index (χ1n) is 7.99. The summed E-state index contributed by atoms with van der Waals surface area (Å²) < 4.78 is 0. The van der Waals surface area contributed by atoms with Crippen molar-refractivity contribution in [1.29, 1.82) is 0 Å². The lowest BCUT2D eigenvalue weighted by atomic mass is 10.2. The second-order valence-corrected chi connectivity index (χ2v) is 6.65. The lowest BCUT2D eigenvalue weighted by Crippen LogP contribution is -2.36. The maximum atomic E-state index is 11.9. The summed E-state index contributed by atoms with van der Waals surface area (Å²) in [7, 11) is 0. The van der Waals surface area contributed by atoms with Crippen LogP contribution in [0.1, 0.15) is 12.0 Å². The Labute approximate surface area is 155 Å². The fourth-order valence-corrected chi connectivity index (χ4v) is 3.01. The second kappa shape index (κ2) is 9.57. The predicted octanol–water partition coefficient (Wildman–Crippen LogP) is 3.14. The first kappa shape index (κ1) is 19.5. The minimum Gasteiger partial charge on any atom is -0.348 e. The molecule has 0 radical (unpaired) electrons. The number of aryl methyl sites for hydroxylation is 1. The number of carbonyl (C=O) groups is 2. The number of hydrogen-bond acceptors (Lipinski definition) is 5. The Bertz CT molecular complexity index is 796. The van der Waals surface area contributed by atoms with Gasteiger partial charge < -0.3 is 10.6 Å². The summed E-state index contributed by atoms with van der Waals surface area (Å²) >= 11 is 1.67. The Balaban J connectivity index is 1.75. The van der Waals surface area contributed by atoms with Crippen LogP contribution < -0.4 is 10.6 Å². The Morgan fingerprint density at radius 3 is 2.54 bits per heavy atom. The molecule has 0 spiro atoms. The highest BCUT2D eigenvalue weighted by Crippen LogP contribution is 2.22. The van der Waals surface area contributed by atoms with E-state index in [9.17, 15) is 19.7 Å². The quantitative estimate of drug-likeness (QED) is 0.255. The fraction of sp³-hybridized carbons (Fsp3) is 0.222. The van der Waals surface area contributed by atoms with Crippen molar-refractivity contribution in [3.05, 3.63) is 64.2 Å². The van der Waals surface area contributed by atoms with Gasteiger partial charge in [-0.05, 0) is 37.3 Å². The summed E-state index contributed by atoms with van der Waals surface area (Å²) in [5, 5.41) is 15.8. The topological polar surface area (TPSA) is 101 Å². The smallest absolute Gasteiger partial charge is 0.313 e. The molecule has 0 aromatic heterocycles. The van der Waals surface area contributed by atoms with Crippen molar-refractivity contribution in [1.82, 2.24) is 5.32 Å². The van der Waals surface area contributed by atoms with E-state index in [1.807, 2.05) is 30.3 Å². The molecule has 136 valence electrons. The molecule has 0 fully saturated rings. The average Bonchev–Trinajstić information content (AvgIpc) is 2.63. The van der Waals surface area contributed by atoms with Gasteiger partial charge in [0.15, 0.2) is 0 Å². The fourth-order valence-electron chi connectivity index (χ4n) is 2.13. The van der Waals surface area contributed by atoms with E-state index in [2.05, 4.69) is 10.6 Å². The molecular weight excluding hydrogens is 354 g/mol. The zero-order chi connectivity index (χ0) is 18.9. The summed E-state index contributed by atoms with van der Waals surface area (Å²) in [6.07, 6.45) is 0.717. The van der Waals surface area contributed by atoms with E-state index in [-0.39, 0.29) is 11.4 Å². The van der Waals surface area contributed by atoms with E-state index in [4.69, 9.17) is 0 Å². The third-order valence-electron chi connectivity index (χ3n) is 3.49. The van der Waals surface area contributed by atoms with Crippen molar-refractivity contribution in [3.8, 4) is 0 Å². The van der Waals surface area contributed by atoms with Gasteiger partial charge in [-0.1, -0.05) is 24.3 Å². The molecule has 0 heterocycles. The van der Waals surface area contributed by atoms with Crippen molar-refractivity contribution >= 4 is 35.0 Å². The molecule has 2 aromatic carbocycles. The first-order valence-corrected chi connectivity index (χ1v) is 8.98. The minimum absolute atomic E-state index is 0.110.